The molecule has 1 aliphatic heterocycles. The number of sulfonamides is 1. The van der Waals surface area contributed by atoms with Crippen LogP contribution in [0.3, 0.4) is 0 Å². The second kappa shape index (κ2) is 14.5. The predicted molar refractivity (Wildman–Crippen MR) is 152 cm³/mol. The average Bonchev–Trinajstić information content (AvgIpc) is 3.40. The van der Waals surface area contributed by atoms with Gasteiger partial charge < -0.3 is 15.7 Å². The van der Waals surface area contributed by atoms with Crippen molar-refractivity contribution in [2.75, 3.05) is 22.9 Å². The first-order valence-corrected chi connectivity index (χ1v) is 15.4. The van der Waals surface area contributed by atoms with Crippen molar-refractivity contribution in [3.05, 3.63) is 53.1 Å². The Morgan fingerprint density at radius 1 is 0.974 bits per heavy atom. The summed E-state index contributed by atoms with van der Waals surface area (Å²) in [4.78, 5) is 25.5. The molecular weight excluding hydrogens is 526 g/mol. The van der Waals surface area contributed by atoms with Crippen LogP contribution in [0.15, 0.2) is 42.5 Å². The van der Waals surface area contributed by atoms with E-state index in [4.69, 9.17) is 11.6 Å². The molecule has 208 valence electrons. The molecule has 1 aliphatic rings. The van der Waals surface area contributed by atoms with Crippen LogP contribution in [0.2, 0.25) is 5.02 Å². The molecule has 1 heterocycles. The van der Waals surface area contributed by atoms with E-state index in [0.29, 0.717) is 31.4 Å². The van der Waals surface area contributed by atoms with Gasteiger partial charge in [-0.25, -0.2) is 8.42 Å². The number of nitrogens with one attached hydrogen (secondary N) is 2. The second-order valence-corrected chi connectivity index (χ2v) is 12.2. The predicted octanol–water partition coefficient (Wildman–Crippen LogP) is 6.17. The molecule has 0 radical (unpaired) electrons. The Bertz CT molecular complexity index is 1190. The number of benzene rings is 2. The van der Waals surface area contributed by atoms with Gasteiger partial charge in [0, 0.05) is 18.2 Å². The smallest absolute Gasteiger partial charge is 0.255 e. The number of hydrogen-bond donors (Lipinski definition) is 3. The number of nitrogens with zero attached hydrogens (tertiary/aromatic N) is 1. The van der Waals surface area contributed by atoms with Crippen LogP contribution in [0, 0.1) is 0 Å². The molecule has 0 bridgehead atoms. The SMILES string of the molecule is CCCCCCCCCCS(=O)(=O)N1CCCC1C(=O)Nc1cc(O)c(NC(=O)c2ccccc2)cc1Cl. The summed E-state index contributed by atoms with van der Waals surface area (Å²) in [5, 5.41) is 15.8. The molecule has 1 saturated heterocycles. The summed E-state index contributed by atoms with van der Waals surface area (Å²) in [5.41, 5.74) is 0.645. The number of carbonyl (C=O) groups excluding carboxylic acids is 2. The van der Waals surface area contributed by atoms with E-state index in [1.54, 1.807) is 30.3 Å². The number of phenolic OH excluding ortho intramolecular Hbond substituents is 1. The topological polar surface area (TPSA) is 116 Å². The van der Waals surface area contributed by atoms with Gasteiger partial charge in [-0.15, -0.1) is 0 Å². The Kier molecular flexibility index (Phi) is 11.4. The Balaban J connectivity index is 1.56. The number of halogens is 1. The van der Waals surface area contributed by atoms with Crippen molar-refractivity contribution in [1.82, 2.24) is 4.31 Å². The molecule has 2 amide bonds. The highest BCUT2D eigenvalue weighted by Crippen LogP contribution is 2.35. The van der Waals surface area contributed by atoms with E-state index in [-0.39, 0.29) is 27.9 Å². The van der Waals surface area contributed by atoms with Crippen LogP contribution in [-0.4, -0.2) is 48.0 Å². The quantitative estimate of drug-likeness (QED) is 0.188. The highest BCUT2D eigenvalue weighted by Gasteiger charge is 2.38. The molecule has 1 fully saturated rings. The fraction of sp³-hybridized carbons (Fsp3) is 0.500. The first kappa shape index (κ1) is 29.9. The normalized spacial score (nSPS) is 15.9. The number of carbonyl (C=O) groups is 2. The van der Waals surface area contributed by atoms with Crippen LogP contribution < -0.4 is 10.6 Å². The van der Waals surface area contributed by atoms with Crippen LogP contribution in [0.25, 0.3) is 0 Å². The molecule has 3 N–H and O–H groups in total. The molecule has 1 unspecified atom stereocenters. The Morgan fingerprint density at radius 3 is 2.32 bits per heavy atom. The van der Waals surface area contributed by atoms with Crippen molar-refractivity contribution in [2.24, 2.45) is 0 Å². The van der Waals surface area contributed by atoms with Crippen LogP contribution >= 0.6 is 11.6 Å². The third-order valence-corrected chi connectivity index (χ3v) is 9.02. The fourth-order valence-corrected chi connectivity index (χ4v) is 6.64. The Morgan fingerprint density at radius 2 is 1.63 bits per heavy atom. The third-order valence-electron chi connectivity index (χ3n) is 6.75. The van der Waals surface area contributed by atoms with Gasteiger partial charge in [0.15, 0.2) is 0 Å². The van der Waals surface area contributed by atoms with Crippen LogP contribution in [0.5, 0.6) is 5.75 Å². The van der Waals surface area contributed by atoms with Crippen LogP contribution in [-0.2, 0) is 14.8 Å². The largest absolute Gasteiger partial charge is 0.506 e. The van der Waals surface area contributed by atoms with Gasteiger partial charge in [0.2, 0.25) is 15.9 Å². The number of hydrogen-bond acceptors (Lipinski definition) is 5. The van der Waals surface area contributed by atoms with Gasteiger partial charge in [-0.1, -0.05) is 81.7 Å². The minimum Gasteiger partial charge on any atom is -0.506 e. The maximum atomic E-state index is 13.1. The van der Waals surface area contributed by atoms with Gasteiger partial charge in [-0.3, -0.25) is 9.59 Å². The van der Waals surface area contributed by atoms with Crippen molar-refractivity contribution in [3.63, 3.8) is 0 Å². The summed E-state index contributed by atoms with van der Waals surface area (Å²) in [6, 6.07) is 10.3. The van der Waals surface area contributed by atoms with Crippen molar-refractivity contribution < 1.29 is 23.1 Å². The lowest BCUT2D eigenvalue weighted by Crippen LogP contribution is -2.44. The zero-order valence-corrected chi connectivity index (χ0v) is 23.5. The molecule has 3 rings (SSSR count). The van der Waals surface area contributed by atoms with Gasteiger partial charge in [0.25, 0.3) is 5.91 Å². The van der Waals surface area contributed by atoms with Crippen molar-refractivity contribution >= 4 is 44.8 Å². The average molecular weight is 564 g/mol. The van der Waals surface area contributed by atoms with E-state index in [0.717, 1.165) is 19.3 Å². The van der Waals surface area contributed by atoms with Gasteiger partial charge in [-0.05, 0) is 37.5 Å². The lowest BCUT2D eigenvalue weighted by Gasteiger charge is -2.23. The van der Waals surface area contributed by atoms with Crippen molar-refractivity contribution in [1.29, 1.82) is 0 Å². The van der Waals surface area contributed by atoms with E-state index < -0.39 is 27.9 Å². The summed E-state index contributed by atoms with van der Waals surface area (Å²) in [6.45, 7) is 2.49. The summed E-state index contributed by atoms with van der Waals surface area (Å²) >= 11 is 6.34. The summed E-state index contributed by atoms with van der Waals surface area (Å²) in [6.07, 6.45) is 9.45. The van der Waals surface area contributed by atoms with Crippen LogP contribution in [0.4, 0.5) is 11.4 Å². The standard InChI is InChI=1S/C28H38ClN3O5S/c1-2-3-4-5-6-7-8-12-18-38(36,37)32-17-13-16-25(32)28(35)30-23-20-26(33)24(19-22(23)29)31-27(34)21-14-10-9-11-15-21/h9-11,14-15,19-20,25,33H,2-8,12-13,16-18H2,1H3,(H,30,35)(H,31,34). The summed E-state index contributed by atoms with van der Waals surface area (Å²) in [7, 11) is -3.57. The molecule has 10 heteroatoms. The fourth-order valence-electron chi connectivity index (χ4n) is 4.63. The van der Waals surface area contributed by atoms with E-state index in [9.17, 15) is 23.1 Å². The lowest BCUT2D eigenvalue weighted by molar-refractivity contribution is -0.119. The van der Waals surface area contributed by atoms with Crippen molar-refractivity contribution in [2.45, 2.75) is 77.2 Å². The van der Waals surface area contributed by atoms with E-state index in [2.05, 4.69) is 17.6 Å². The van der Waals surface area contributed by atoms with Crippen LogP contribution in [0.1, 0.15) is 81.5 Å². The molecule has 38 heavy (non-hydrogen) atoms. The van der Waals surface area contributed by atoms with Gasteiger partial charge in [0.1, 0.15) is 11.8 Å². The monoisotopic (exact) mass is 563 g/mol. The van der Waals surface area contributed by atoms with E-state index in [1.165, 1.54) is 42.1 Å². The molecule has 2 aromatic rings. The number of anilines is 2. The molecule has 0 saturated carbocycles. The molecule has 2 aromatic carbocycles. The third kappa shape index (κ3) is 8.44. The minimum absolute atomic E-state index is 0.0308. The second-order valence-electron chi connectivity index (χ2n) is 9.72. The van der Waals surface area contributed by atoms with E-state index >= 15 is 0 Å². The molecular formula is C28H38ClN3O5S. The zero-order valence-electron chi connectivity index (χ0n) is 21.9. The number of aromatic hydroxyl groups is 1. The highest BCUT2D eigenvalue weighted by atomic mass is 35.5. The minimum atomic E-state index is -3.57. The molecule has 0 spiro atoms. The number of unbranched alkanes of at least 4 members (excludes halogenated alkanes) is 7. The maximum Gasteiger partial charge on any atom is 0.255 e. The van der Waals surface area contributed by atoms with Crippen molar-refractivity contribution in [3.8, 4) is 5.75 Å². The summed E-state index contributed by atoms with van der Waals surface area (Å²) < 4.78 is 27.3. The number of phenols is 1. The van der Waals surface area contributed by atoms with E-state index in [1.807, 2.05) is 0 Å². The van der Waals surface area contributed by atoms with Gasteiger partial charge in [-0.2, -0.15) is 4.31 Å². The maximum absolute atomic E-state index is 13.1. The Labute approximate surface area is 230 Å². The number of rotatable bonds is 14. The number of amides is 2. The van der Waals surface area contributed by atoms with Gasteiger partial charge in [0.05, 0.1) is 22.2 Å². The molecule has 0 aliphatic carbocycles. The first-order valence-electron chi connectivity index (χ1n) is 13.4. The Hall–Kier alpha value is -2.62. The molecule has 0 aromatic heterocycles. The zero-order chi connectivity index (χ0) is 27.5. The highest BCUT2D eigenvalue weighted by molar-refractivity contribution is 7.89. The molecule has 1 atom stereocenters. The first-order chi connectivity index (χ1) is 18.2. The summed E-state index contributed by atoms with van der Waals surface area (Å²) in [5.74, 6) is -1.16. The van der Waals surface area contributed by atoms with Gasteiger partial charge >= 0.3 is 0 Å². The lowest BCUT2D eigenvalue weighted by atomic mass is 10.1. The molecule has 8 nitrogen and oxygen atoms in total.